The first-order valence-electron chi connectivity index (χ1n) is 8.03. The molecule has 1 saturated heterocycles. The van der Waals surface area contributed by atoms with Gasteiger partial charge in [-0.3, -0.25) is 4.79 Å². The van der Waals surface area contributed by atoms with Gasteiger partial charge >= 0.3 is 5.97 Å². The molecule has 0 unspecified atom stereocenters. The van der Waals surface area contributed by atoms with E-state index in [-0.39, 0.29) is 35.4 Å². The summed E-state index contributed by atoms with van der Waals surface area (Å²) in [5.41, 5.74) is 0. The van der Waals surface area contributed by atoms with Crippen LogP contribution in [0.15, 0.2) is 0 Å². The largest absolute Gasteiger partial charge is 0.460 e. The van der Waals surface area contributed by atoms with E-state index in [4.69, 9.17) is 18.6 Å². The van der Waals surface area contributed by atoms with E-state index in [1.54, 1.807) is 0 Å². The molecule has 128 valence electrons. The van der Waals surface area contributed by atoms with Crippen molar-refractivity contribution in [2.45, 2.75) is 96.3 Å². The quantitative estimate of drug-likeness (QED) is 0.587. The van der Waals surface area contributed by atoms with Crippen LogP contribution in [0.5, 0.6) is 0 Å². The smallest absolute Gasteiger partial charge is 0.302 e. The van der Waals surface area contributed by atoms with Gasteiger partial charge in [-0.15, -0.1) is 0 Å². The average molecular weight is 330 g/mol. The Balaban J connectivity index is 2.17. The van der Waals surface area contributed by atoms with Crippen molar-refractivity contribution in [3.8, 4) is 0 Å². The van der Waals surface area contributed by atoms with Gasteiger partial charge in [0.25, 0.3) is 0 Å². The van der Waals surface area contributed by atoms with Gasteiger partial charge < -0.3 is 18.6 Å². The molecule has 0 N–H and O–H groups in total. The monoisotopic (exact) mass is 330 g/mol. The van der Waals surface area contributed by atoms with E-state index in [1.807, 2.05) is 13.8 Å². The number of carbonyl (C=O) groups excluding carboxylic acids is 1. The van der Waals surface area contributed by atoms with Gasteiger partial charge in [-0.2, -0.15) is 0 Å². The number of esters is 1. The number of carbonyl (C=O) groups is 1. The fourth-order valence-electron chi connectivity index (χ4n) is 2.89. The molecular weight excluding hydrogens is 300 g/mol. The first-order chi connectivity index (χ1) is 9.82. The van der Waals surface area contributed by atoms with Crippen molar-refractivity contribution >= 4 is 14.3 Å². The van der Waals surface area contributed by atoms with Crippen molar-refractivity contribution in [1.29, 1.82) is 0 Å². The maximum Gasteiger partial charge on any atom is 0.302 e. The van der Waals surface area contributed by atoms with Crippen molar-refractivity contribution in [3.63, 3.8) is 0 Å². The lowest BCUT2D eigenvalue weighted by Gasteiger charge is -2.39. The highest BCUT2D eigenvalue weighted by Gasteiger charge is 2.57. The summed E-state index contributed by atoms with van der Waals surface area (Å²) in [6, 6.07) is 0. The molecule has 0 aromatic heterocycles. The molecule has 1 saturated carbocycles. The van der Waals surface area contributed by atoms with Crippen LogP contribution in [0.2, 0.25) is 18.1 Å². The first kappa shape index (κ1) is 17.9. The number of hydrogen-bond donors (Lipinski definition) is 0. The van der Waals surface area contributed by atoms with E-state index in [2.05, 4.69) is 33.9 Å². The minimum absolute atomic E-state index is 0.0861. The third-order valence-electron chi connectivity index (χ3n) is 4.93. The summed E-state index contributed by atoms with van der Waals surface area (Å²) in [6.07, 6.45) is -0.157. The zero-order chi connectivity index (χ0) is 16.9. The molecular formula is C16H30O5Si. The van der Waals surface area contributed by atoms with E-state index in [0.29, 0.717) is 6.42 Å². The molecule has 2 rings (SSSR count). The van der Waals surface area contributed by atoms with E-state index in [1.165, 1.54) is 6.92 Å². The Morgan fingerprint density at radius 2 is 1.64 bits per heavy atom. The molecule has 1 aliphatic carbocycles. The third-order valence-corrected chi connectivity index (χ3v) is 9.43. The highest BCUT2D eigenvalue weighted by atomic mass is 28.4. The van der Waals surface area contributed by atoms with Crippen LogP contribution >= 0.6 is 0 Å². The Hall–Kier alpha value is -0.433. The van der Waals surface area contributed by atoms with Crippen molar-refractivity contribution in [3.05, 3.63) is 0 Å². The second kappa shape index (κ2) is 5.58. The Bertz CT molecular complexity index is 440. The fraction of sp³-hybridized carbons (Fsp3) is 0.938. The van der Waals surface area contributed by atoms with Gasteiger partial charge in [0.15, 0.2) is 14.1 Å². The molecule has 0 radical (unpaired) electrons. The van der Waals surface area contributed by atoms with Crippen LogP contribution < -0.4 is 0 Å². The van der Waals surface area contributed by atoms with Crippen LogP contribution in [0.3, 0.4) is 0 Å². The molecule has 0 aromatic rings. The fourth-order valence-corrected chi connectivity index (χ4v) is 4.23. The number of fused-ring (bicyclic) bond motifs is 1. The number of hydrogen-bond acceptors (Lipinski definition) is 5. The SMILES string of the molecule is CC(=O)O[C@H]1C[C@@H](O[Si](C)(C)C(C)(C)C)[C@@H]2OC(C)(C)O[C@@H]21. The molecule has 22 heavy (non-hydrogen) atoms. The lowest BCUT2D eigenvalue weighted by Crippen LogP contribution is -2.46. The molecule has 0 amide bonds. The number of ether oxygens (including phenoxy) is 3. The first-order valence-corrected chi connectivity index (χ1v) is 10.9. The highest BCUT2D eigenvalue weighted by molar-refractivity contribution is 6.74. The highest BCUT2D eigenvalue weighted by Crippen LogP contribution is 2.45. The summed E-state index contributed by atoms with van der Waals surface area (Å²) in [5, 5.41) is 0.122. The van der Waals surface area contributed by atoms with Crippen molar-refractivity contribution < 1.29 is 23.4 Å². The van der Waals surface area contributed by atoms with E-state index in [9.17, 15) is 4.79 Å². The molecule has 1 aliphatic heterocycles. The summed E-state index contributed by atoms with van der Waals surface area (Å²) < 4.78 is 24.0. The van der Waals surface area contributed by atoms with Gasteiger partial charge in [0.05, 0.1) is 6.10 Å². The van der Waals surface area contributed by atoms with Crippen molar-refractivity contribution in [2.24, 2.45) is 0 Å². The lowest BCUT2D eigenvalue weighted by molar-refractivity contribution is -0.180. The summed E-state index contributed by atoms with van der Waals surface area (Å²) in [6.45, 7) is 16.3. The van der Waals surface area contributed by atoms with Crippen LogP contribution in [0, 0.1) is 0 Å². The van der Waals surface area contributed by atoms with Crippen LogP contribution in [-0.4, -0.2) is 44.5 Å². The van der Waals surface area contributed by atoms with Gasteiger partial charge in [0.2, 0.25) is 0 Å². The topological polar surface area (TPSA) is 54.0 Å². The summed E-state index contributed by atoms with van der Waals surface area (Å²) in [4.78, 5) is 11.4. The van der Waals surface area contributed by atoms with Crippen LogP contribution in [-0.2, 0) is 23.4 Å². The second-order valence-electron chi connectivity index (χ2n) is 8.36. The standard InChI is InChI=1S/C16H30O5Si/c1-10(17)18-11-9-12(21-22(7,8)15(2,3)4)14-13(11)19-16(5,6)20-14/h11-14H,9H2,1-8H3/t11-,12+,13+,14-/m0/s1. The Kier molecular flexibility index (Phi) is 4.54. The van der Waals surface area contributed by atoms with E-state index in [0.717, 1.165) is 0 Å². The van der Waals surface area contributed by atoms with Crippen molar-refractivity contribution in [1.82, 2.24) is 0 Å². The molecule has 2 fully saturated rings. The maximum atomic E-state index is 11.4. The molecule has 0 spiro atoms. The molecule has 5 nitrogen and oxygen atoms in total. The van der Waals surface area contributed by atoms with Gasteiger partial charge in [-0.25, -0.2) is 0 Å². The lowest BCUT2D eigenvalue weighted by atomic mass is 10.2. The Labute approximate surface area is 134 Å². The predicted molar refractivity (Wildman–Crippen MR) is 86.1 cm³/mol. The molecule has 4 atom stereocenters. The summed E-state index contributed by atoms with van der Waals surface area (Å²) >= 11 is 0. The van der Waals surface area contributed by atoms with Crippen LogP contribution in [0.25, 0.3) is 0 Å². The molecule has 0 bridgehead atoms. The minimum atomic E-state index is -1.92. The maximum absolute atomic E-state index is 11.4. The van der Waals surface area contributed by atoms with E-state index >= 15 is 0 Å². The number of rotatable bonds is 3. The zero-order valence-corrected chi connectivity index (χ0v) is 16.1. The van der Waals surface area contributed by atoms with Crippen molar-refractivity contribution in [2.75, 3.05) is 0 Å². The van der Waals surface area contributed by atoms with Gasteiger partial charge in [0, 0.05) is 13.3 Å². The molecule has 0 aromatic carbocycles. The van der Waals surface area contributed by atoms with E-state index < -0.39 is 14.1 Å². The molecule has 1 heterocycles. The average Bonchev–Trinajstić information content (AvgIpc) is 2.73. The zero-order valence-electron chi connectivity index (χ0n) is 15.1. The summed E-state index contributed by atoms with van der Waals surface area (Å²) in [5.74, 6) is -0.951. The second-order valence-corrected chi connectivity index (χ2v) is 13.1. The summed E-state index contributed by atoms with van der Waals surface area (Å²) in [7, 11) is -1.92. The van der Waals surface area contributed by atoms with Crippen LogP contribution in [0.1, 0.15) is 48.0 Å². The minimum Gasteiger partial charge on any atom is -0.460 e. The van der Waals surface area contributed by atoms with Crippen LogP contribution in [0.4, 0.5) is 0 Å². The Morgan fingerprint density at radius 3 is 2.09 bits per heavy atom. The molecule has 2 aliphatic rings. The van der Waals surface area contributed by atoms with Gasteiger partial charge in [-0.1, -0.05) is 20.8 Å². The Morgan fingerprint density at radius 1 is 1.14 bits per heavy atom. The predicted octanol–water partition coefficient (Wildman–Crippen LogP) is 3.23. The van der Waals surface area contributed by atoms with Gasteiger partial charge in [0.1, 0.15) is 18.3 Å². The normalized spacial score (nSPS) is 34.5. The third kappa shape index (κ3) is 3.55. The van der Waals surface area contributed by atoms with Gasteiger partial charge in [-0.05, 0) is 32.0 Å². The molecule has 6 heteroatoms.